The van der Waals surface area contributed by atoms with Crippen molar-refractivity contribution in [2.45, 2.75) is 44.9 Å². The number of amides is 1. The molecule has 7 rings (SSSR count). The number of nitrogens with zero attached hydrogens (tertiary/aromatic N) is 3. The number of carbonyl (C=O) groups is 1. The van der Waals surface area contributed by atoms with Crippen LogP contribution in [0.4, 0.5) is 10.1 Å². The molecule has 39 heavy (non-hydrogen) atoms. The van der Waals surface area contributed by atoms with Crippen LogP contribution in [0.1, 0.15) is 35.2 Å². The molecule has 3 aliphatic rings. The highest BCUT2D eigenvalue weighted by atomic mass is 19.1. The fourth-order valence-electron chi connectivity index (χ4n) is 6.33. The number of hydrogen-bond donors (Lipinski definition) is 2. The SMILES string of the molecule is Cc1c(-c2cc3ccc(N4CCNCC4)cc3n2CC2CC2)oc2cc(C(=O)N3C[C@H](N)C[C@@H](F)C3)ccc12. The maximum atomic E-state index is 14.1. The van der Waals surface area contributed by atoms with E-state index in [1.165, 1.54) is 34.3 Å². The van der Waals surface area contributed by atoms with Crippen LogP contribution in [0, 0.1) is 12.8 Å². The minimum absolute atomic E-state index is 0.0875. The van der Waals surface area contributed by atoms with Gasteiger partial charge < -0.3 is 29.8 Å². The van der Waals surface area contributed by atoms with Crippen LogP contribution in [0.5, 0.6) is 0 Å². The van der Waals surface area contributed by atoms with Gasteiger partial charge in [0.1, 0.15) is 11.8 Å². The fourth-order valence-corrected chi connectivity index (χ4v) is 6.33. The highest BCUT2D eigenvalue weighted by Crippen LogP contribution is 2.40. The van der Waals surface area contributed by atoms with Gasteiger partial charge in [-0.25, -0.2) is 4.39 Å². The number of hydrogen-bond acceptors (Lipinski definition) is 5. The highest BCUT2D eigenvalue weighted by Gasteiger charge is 2.30. The van der Waals surface area contributed by atoms with E-state index in [4.69, 9.17) is 10.2 Å². The molecule has 8 heteroatoms. The van der Waals surface area contributed by atoms with Crippen molar-refractivity contribution in [2.75, 3.05) is 44.2 Å². The smallest absolute Gasteiger partial charge is 0.254 e. The molecular formula is C31H36FN5O2. The Labute approximate surface area is 227 Å². The molecule has 0 unspecified atom stereocenters. The zero-order valence-corrected chi connectivity index (χ0v) is 22.5. The third kappa shape index (κ3) is 4.59. The normalized spacial score (nSPS) is 22.2. The Morgan fingerprint density at radius 1 is 1.10 bits per heavy atom. The molecule has 0 bridgehead atoms. The average molecular weight is 530 g/mol. The number of anilines is 1. The van der Waals surface area contributed by atoms with E-state index in [1.54, 1.807) is 6.07 Å². The Bertz CT molecular complexity index is 1540. The third-order valence-electron chi connectivity index (χ3n) is 8.64. The van der Waals surface area contributed by atoms with Crippen molar-refractivity contribution in [3.8, 4) is 11.5 Å². The molecular weight excluding hydrogens is 493 g/mol. The number of halogens is 1. The lowest BCUT2D eigenvalue weighted by atomic mass is 10.0. The van der Waals surface area contributed by atoms with Crippen LogP contribution in [-0.2, 0) is 6.54 Å². The highest BCUT2D eigenvalue weighted by molar-refractivity contribution is 5.99. The van der Waals surface area contributed by atoms with E-state index in [2.05, 4.69) is 46.0 Å². The molecule has 204 valence electrons. The number of alkyl halides is 1. The second-order valence-electron chi connectivity index (χ2n) is 11.6. The number of aryl methyl sites for hydroxylation is 1. The summed E-state index contributed by atoms with van der Waals surface area (Å²) in [6, 6.07) is 14.3. The molecule has 2 aliphatic heterocycles. The van der Waals surface area contributed by atoms with Gasteiger partial charge in [0.05, 0.1) is 17.8 Å². The predicted octanol–water partition coefficient (Wildman–Crippen LogP) is 4.69. The molecule has 0 spiro atoms. The molecule has 1 saturated carbocycles. The maximum Gasteiger partial charge on any atom is 0.254 e. The molecule has 2 aromatic heterocycles. The van der Waals surface area contributed by atoms with Gasteiger partial charge >= 0.3 is 0 Å². The van der Waals surface area contributed by atoms with Gasteiger partial charge in [-0.2, -0.15) is 0 Å². The van der Waals surface area contributed by atoms with E-state index in [0.29, 0.717) is 30.0 Å². The molecule has 0 radical (unpaired) electrons. The number of nitrogens with two attached hydrogens (primary N) is 1. The van der Waals surface area contributed by atoms with Crippen LogP contribution >= 0.6 is 0 Å². The molecule has 4 heterocycles. The van der Waals surface area contributed by atoms with Crippen molar-refractivity contribution in [3.05, 3.63) is 53.6 Å². The molecule has 1 aliphatic carbocycles. The van der Waals surface area contributed by atoms with Crippen LogP contribution in [0.3, 0.4) is 0 Å². The summed E-state index contributed by atoms with van der Waals surface area (Å²) in [6.07, 6.45) is 1.75. The zero-order valence-electron chi connectivity index (χ0n) is 22.5. The van der Waals surface area contributed by atoms with Gasteiger partial charge in [0.15, 0.2) is 5.76 Å². The maximum absolute atomic E-state index is 14.1. The van der Waals surface area contributed by atoms with Crippen LogP contribution in [-0.4, -0.2) is 66.9 Å². The summed E-state index contributed by atoms with van der Waals surface area (Å²) >= 11 is 0. The van der Waals surface area contributed by atoms with Crippen LogP contribution in [0.2, 0.25) is 0 Å². The summed E-state index contributed by atoms with van der Waals surface area (Å²) in [4.78, 5) is 17.2. The summed E-state index contributed by atoms with van der Waals surface area (Å²) in [5.74, 6) is 1.35. The number of nitrogens with one attached hydrogen (secondary N) is 1. The minimum Gasteiger partial charge on any atom is -0.454 e. The monoisotopic (exact) mass is 529 g/mol. The molecule has 4 aromatic rings. The van der Waals surface area contributed by atoms with Crippen molar-refractivity contribution in [3.63, 3.8) is 0 Å². The zero-order chi connectivity index (χ0) is 26.7. The number of likely N-dealkylation sites (tertiary alicyclic amines) is 1. The Morgan fingerprint density at radius 3 is 2.69 bits per heavy atom. The van der Waals surface area contributed by atoms with Gasteiger partial charge in [0.25, 0.3) is 5.91 Å². The Kier molecular flexibility index (Phi) is 6.12. The standard InChI is InChI=1S/C31H36FN5O2/c1-19-26-7-5-22(31(38)36-17-23(32)14-24(33)18-36)13-29(26)39-30(19)28-12-21-4-6-25(35-10-8-34-9-11-35)15-27(21)37(28)16-20-2-3-20/h4-7,12-13,15,20,23-24,34H,2-3,8-11,14,16-18,33H2,1H3/t23-,24-/m1/s1. The van der Waals surface area contributed by atoms with Gasteiger partial charge in [0.2, 0.25) is 0 Å². The molecule has 1 amide bonds. The van der Waals surface area contributed by atoms with Gasteiger partial charge in [-0.05, 0) is 62.4 Å². The molecule has 3 N–H and O–H groups in total. The van der Waals surface area contributed by atoms with E-state index in [1.807, 2.05) is 12.1 Å². The van der Waals surface area contributed by atoms with Crippen LogP contribution < -0.4 is 16.0 Å². The number of carbonyl (C=O) groups excluding carboxylic acids is 1. The number of piperazine rings is 1. The van der Waals surface area contributed by atoms with Gasteiger partial charge in [-0.1, -0.05) is 12.1 Å². The van der Waals surface area contributed by atoms with Crippen molar-refractivity contribution in [2.24, 2.45) is 11.7 Å². The number of benzene rings is 2. The van der Waals surface area contributed by atoms with Gasteiger partial charge in [0, 0.05) is 72.9 Å². The Balaban J connectivity index is 1.27. The quantitative estimate of drug-likeness (QED) is 0.392. The van der Waals surface area contributed by atoms with E-state index in [-0.39, 0.29) is 18.5 Å². The second-order valence-corrected chi connectivity index (χ2v) is 11.6. The molecule has 2 saturated heterocycles. The van der Waals surface area contributed by atoms with Gasteiger partial charge in [-0.15, -0.1) is 0 Å². The van der Waals surface area contributed by atoms with Crippen LogP contribution in [0.25, 0.3) is 33.3 Å². The van der Waals surface area contributed by atoms with E-state index >= 15 is 0 Å². The van der Waals surface area contributed by atoms with Crippen molar-refractivity contribution >= 4 is 33.5 Å². The van der Waals surface area contributed by atoms with E-state index in [9.17, 15) is 9.18 Å². The molecule has 3 fully saturated rings. The summed E-state index contributed by atoms with van der Waals surface area (Å²) in [6.45, 7) is 7.57. The van der Waals surface area contributed by atoms with E-state index in [0.717, 1.165) is 55.1 Å². The Morgan fingerprint density at radius 2 is 1.92 bits per heavy atom. The summed E-state index contributed by atoms with van der Waals surface area (Å²) in [5, 5.41) is 5.64. The van der Waals surface area contributed by atoms with Crippen molar-refractivity contribution in [1.29, 1.82) is 0 Å². The molecule has 2 aromatic carbocycles. The first-order valence-electron chi connectivity index (χ1n) is 14.3. The first-order valence-corrected chi connectivity index (χ1v) is 14.3. The minimum atomic E-state index is -1.08. The second kappa shape index (κ2) is 9.68. The fraction of sp³-hybridized carbons (Fsp3) is 0.452. The summed E-state index contributed by atoms with van der Waals surface area (Å²) < 4.78 is 23.1. The number of aromatic nitrogens is 1. The number of piperidine rings is 1. The molecule has 7 nitrogen and oxygen atoms in total. The third-order valence-corrected chi connectivity index (χ3v) is 8.64. The lowest BCUT2D eigenvalue weighted by molar-refractivity contribution is 0.0607. The number of rotatable bonds is 5. The Hall–Kier alpha value is -3.36. The lowest BCUT2D eigenvalue weighted by Gasteiger charge is -2.33. The topological polar surface area (TPSA) is 79.7 Å². The summed E-state index contributed by atoms with van der Waals surface area (Å²) in [5.41, 5.74) is 11.8. The van der Waals surface area contributed by atoms with Crippen molar-refractivity contribution in [1.82, 2.24) is 14.8 Å². The lowest BCUT2D eigenvalue weighted by Crippen LogP contribution is -2.50. The van der Waals surface area contributed by atoms with Gasteiger partial charge in [-0.3, -0.25) is 4.79 Å². The first kappa shape index (κ1) is 24.7. The largest absolute Gasteiger partial charge is 0.454 e. The molecule has 2 atom stereocenters. The number of fused-ring (bicyclic) bond motifs is 2. The van der Waals surface area contributed by atoms with Crippen LogP contribution in [0.15, 0.2) is 46.9 Å². The number of furan rings is 1. The average Bonchev–Trinajstić information content (AvgIpc) is 3.62. The van der Waals surface area contributed by atoms with E-state index < -0.39 is 6.17 Å². The summed E-state index contributed by atoms with van der Waals surface area (Å²) in [7, 11) is 0. The predicted molar refractivity (Wildman–Crippen MR) is 153 cm³/mol. The van der Waals surface area contributed by atoms with Crippen molar-refractivity contribution < 1.29 is 13.6 Å². The first-order chi connectivity index (χ1) is 18.9.